The van der Waals surface area contributed by atoms with Crippen molar-refractivity contribution in [3.05, 3.63) is 60.4 Å². The van der Waals surface area contributed by atoms with Crippen molar-refractivity contribution >= 4 is 11.7 Å². The molecule has 0 unspecified atom stereocenters. The van der Waals surface area contributed by atoms with Gasteiger partial charge in [-0.1, -0.05) is 11.2 Å². The molecule has 1 aromatic carbocycles. The van der Waals surface area contributed by atoms with E-state index in [1.807, 2.05) is 24.3 Å². The fraction of sp³-hybridized carbons (Fsp3) is 0.0625. The fourth-order valence-electron chi connectivity index (χ4n) is 1.89. The van der Waals surface area contributed by atoms with Gasteiger partial charge in [-0.2, -0.15) is 0 Å². The molecule has 0 saturated carbocycles. The molecule has 0 aliphatic heterocycles. The Bertz CT molecular complexity index is 767. The lowest BCUT2D eigenvalue weighted by atomic mass is 10.1. The number of nitrogens with one attached hydrogen (secondary N) is 1. The van der Waals surface area contributed by atoms with Gasteiger partial charge < -0.3 is 14.6 Å². The van der Waals surface area contributed by atoms with Crippen molar-refractivity contribution in [3.8, 4) is 17.1 Å². The van der Waals surface area contributed by atoms with E-state index in [0.29, 0.717) is 11.6 Å². The van der Waals surface area contributed by atoms with Crippen LogP contribution in [0.25, 0.3) is 11.3 Å². The van der Waals surface area contributed by atoms with Crippen LogP contribution < -0.4 is 10.1 Å². The van der Waals surface area contributed by atoms with Crippen LogP contribution in [0, 0.1) is 0 Å². The first-order valence-electron chi connectivity index (χ1n) is 6.60. The highest BCUT2D eigenvalue weighted by Gasteiger charge is 2.14. The summed E-state index contributed by atoms with van der Waals surface area (Å²) < 4.78 is 10.3. The first kappa shape index (κ1) is 13.8. The second-order valence-corrected chi connectivity index (χ2v) is 4.47. The molecule has 0 spiro atoms. The van der Waals surface area contributed by atoms with Gasteiger partial charge in [0, 0.05) is 17.8 Å². The number of carbonyl (C=O) groups is 1. The predicted molar refractivity (Wildman–Crippen MR) is 80.7 cm³/mol. The average molecular weight is 295 g/mol. The quantitative estimate of drug-likeness (QED) is 0.800. The molecule has 22 heavy (non-hydrogen) atoms. The van der Waals surface area contributed by atoms with E-state index in [9.17, 15) is 4.79 Å². The Morgan fingerprint density at radius 3 is 2.68 bits per heavy atom. The first-order valence-corrected chi connectivity index (χ1v) is 6.60. The largest absolute Gasteiger partial charge is 0.497 e. The number of ether oxygens (including phenoxy) is 1. The normalized spacial score (nSPS) is 10.2. The predicted octanol–water partition coefficient (Wildman–Crippen LogP) is 3.00. The van der Waals surface area contributed by atoms with Gasteiger partial charge in [0.25, 0.3) is 5.91 Å². The lowest BCUT2D eigenvalue weighted by Crippen LogP contribution is -2.12. The number of aromatic nitrogens is 2. The molecule has 2 aromatic heterocycles. The molecule has 110 valence electrons. The minimum Gasteiger partial charge on any atom is -0.497 e. The Hall–Kier alpha value is -3.15. The Labute approximate surface area is 126 Å². The highest BCUT2D eigenvalue weighted by Crippen LogP contribution is 2.23. The van der Waals surface area contributed by atoms with Gasteiger partial charge in [-0.25, -0.2) is 4.98 Å². The lowest BCUT2D eigenvalue weighted by molar-refractivity contribution is 0.101. The van der Waals surface area contributed by atoms with Gasteiger partial charge in [0.1, 0.15) is 11.6 Å². The van der Waals surface area contributed by atoms with Crippen LogP contribution >= 0.6 is 0 Å². The Morgan fingerprint density at radius 1 is 1.18 bits per heavy atom. The number of hydrogen-bond acceptors (Lipinski definition) is 5. The van der Waals surface area contributed by atoms with Crippen LogP contribution in [0.15, 0.2) is 59.3 Å². The summed E-state index contributed by atoms with van der Waals surface area (Å²) in [5.74, 6) is 1.34. The number of carbonyl (C=O) groups excluding carboxylic acids is 1. The van der Waals surface area contributed by atoms with Gasteiger partial charge in [0.2, 0.25) is 0 Å². The van der Waals surface area contributed by atoms with Crippen molar-refractivity contribution in [1.29, 1.82) is 0 Å². The molecule has 0 saturated heterocycles. The molecule has 0 fully saturated rings. The van der Waals surface area contributed by atoms with Crippen molar-refractivity contribution in [1.82, 2.24) is 10.1 Å². The van der Waals surface area contributed by atoms with Crippen molar-refractivity contribution in [3.63, 3.8) is 0 Å². The van der Waals surface area contributed by atoms with Crippen molar-refractivity contribution in [2.75, 3.05) is 12.4 Å². The van der Waals surface area contributed by atoms with Gasteiger partial charge in [0.15, 0.2) is 11.5 Å². The van der Waals surface area contributed by atoms with Crippen molar-refractivity contribution < 1.29 is 14.1 Å². The van der Waals surface area contributed by atoms with Crippen LogP contribution in [-0.4, -0.2) is 23.2 Å². The summed E-state index contributed by atoms with van der Waals surface area (Å²) in [5, 5.41) is 6.43. The van der Waals surface area contributed by atoms with Crippen molar-refractivity contribution in [2.24, 2.45) is 0 Å². The highest BCUT2D eigenvalue weighted by atomic mass is 16.5. The van der Waals surface area contributed by atoms with Crippen LogP contribution in [0.2, 0.25) is 0 Å². The minimum absolute atomic E-state index is 0.191. The molecule has 6 heteroatoms. The van der Waals surface area contributed by atoms with Crippen LogP contribution in [0.4, 0.5) is 5.82 Å². The van der Waals surface area contributed by atoms with Gasteiger partial charge >= 0.3 is 0 Å². The second kappa shape index (κ2) is 6.09. The van der Waals surface area contributed by atoms with E-state index in [2.05, 4.69) is 15.5 Å². The topological polar surface area (TPSA) is 77.2 Å². The molecule has 0 atom stereocenters. The third-order valence-corrected chi connectivity index (χ3v) is 3.02. The van der Waals surface area contributed by atoms with Gasteiger partial charge in [-0.15, -0.1) is 0 Å². The molecule has 1 N–H and O–H groups in total. The van der Waals surface area contributed by atoms with E-state index in [0.717, 1.165) is 11.3 Å². The van der Waals surface area contributed by atoms with Crippen LogP contribution in [-0.2, 0) is 0 Å². The zero-order valence-electron chi connectivity index (χ0n) is 11.8. The Morgan fingerprint density at radius 2 is 2.00 bits per heavy atom. The highest BCUT2D eigenvalue weighted by molar-refractivity contribution is 6.02. The summed E-state index contributed by atoms with van der Waals surface area (Å²) in [6.07, 6.45) is 1.60. The zero-order chi connectivity index (χ0) is 15.4. The summed E-state index contributed by atoms with van der Waals surface area (Å²) in [4.78, 5) is 16.1. The summed E-state index contributed by atoms with van der Waals surface area (Å²) in [7, 11) is 1.60. The van der Waals surface area contributed by atoms with E-state index in [4.69, 9.17) is 9.26 Å². The monoisotopic (exact) mass is 295 g/mol. The molecule has 0 bridgehead atoms. The smallest absolute Gasteiger partial charge is 0.279 e. The Balaban J connectivity index is 1.76. The van der Waals surface area contributed by atoms with Crippen LogP contribution in [0.1, 0.15) is 10.5 Å². The third-order valence-electron chi connectivity index (χ3n) is 3.02. The zero-order valence-corrected chi connectivity index (χ0v) is 11.8. The maximum absolute atomic E-state index is 12.1. The number of methoxy groups -OCH3 is 1. The summed E-state index contributed by atoms with van der Waals surface area (Å²) in [6, 6.07) is 14.1. The summed E-state index contributed by atoms with van der Waals surface area (Å²) >= 11 is 0. The molecule has 1 amide bonds. The first-order chi connectivity index (χ1) is 10.8. The molecule has 3 aromatic rings. The number of nitrogens with zero attached hydrogens (tertiary/aromatic N) is 2. The number of pyridine rings is 1. The second-order valence-electron chi connectivity index (χ2n) is 4.47. The summed E-state index contributed by atoms with van der Waals surface area (Å²) in [5.41, 5.74) is 1.00. The maximum atomic E-state index is 12.1. The summed E-state index contributed by atoms with van der Waals surface area (Å²) in [6.45, 7) is 0. The third kappa shape index (κ3) is 2.95. The van der Waals surface area contributed by atoms with Crippen LogP contribution in [0.5, 0.6) is 5.75 Å². The minimum atomic E-state index is -0.373. The number of rotatable bonds is 4. The number of benzene rings is 1. The molecule has 2 heterocycles. The van der Waals surface area contributed by atoms with E-state index in [-0.39, 0.29) is 11.6 Å². The van der Waals surface area contributed by atoms with E-state index < -0.39 is 0 Å². The maximum Gasteiger partial charge on any atom is 0.279 e. The average Bonchev–Trinajstić information content (AvgIpc) is 3.06. The van der Waals surface area contributed by atoms with E-state index >= 15 is 0 Å². The molecule has 0 aliphatic carbocycles. The number of amides is 1. The SMILES string of the molecule is COc1ccc(-c2cc(C(=O)Nc3ccccn3)no2)cc1. The Kier molecular flexibility index (Phi) is 3.82. The lowest BCUT2D eigenvalue weighted by Gasteiger charge is -2.00. The standard InChI is InChI=1S/C16H13N3O3/c1-21-12-7-5-11(6-8-12)14-10-13(19-22-14)16(20)18-15-4-2-3-9-17-15/h2-10H,1H3,(H,17,18,20). The molecular weight excluding hydrogens is 282 g/mol. The molecule has 0 radical (unpaired) electrons. The fourth-order valence-corrected chi connectivity index (χ4v) is 1.89. The van der Waals surface area contributed by atoms with Gasteiger partial charge in [-0.3, -0.25) is 4.79 Å². The number of anilines is 1. The van der Waals surface area contributed by atoms with Crippen molar-refractivity contribution in [2.45, 2.75) is 0 Å². The van der Waals surface area contributed by atoms with Crippen LogP contribution in [0.3, 0.4) is 0 Å². The molecular formula is C16H13N3O3. The number of hydrogen-bond donors (Lipinski definition) is 1. The molecule has 3 rings (SSSR count). The van der Waals surface area contributed by atoms with Gasteiger partial charge in [0.05, 0.1) is 7.11 Å². The van der Waals surface area contributed by atoms with E-state index in [1.165, 1.54) is 0 Å². The molecule has 0 aliphatic rings. The van der Waals surface area contributed by atoms with E-state index in [1.54, 1.807) is 37.6 Å². The van der Waals surface area contributed by atoms with Gasteiger partial charge in [-0.05, 0) is 36.4 Å². The molecule has 6 nitrogen and oxygen atoms in total.